The van der Waals surface area contributed by atoms with E-state index in [1.54, 1.807) is 43.3 Å². The summed E-state index contributed by atoms with van der Waals surface area (Å²) in [5.74, 6) is -0.188. The molecule has 2 aromatic rings. The minimum atomic E-state index is -3.68. The normalized spacial score (nSPS) is 11.2. The van der Waals surface area contributed by atoms with Crippen molar-refractivity contribution in [2.45, 2.75) is 25.7 Å². The number of anilines is 1. The van der Waals surface area contributed by atoms with Gasteiger partial charge in [0.15, 0.2) is 0 Å². The first-order chi connectivity index (χ1) is 12.3. The molecule has 0 saturated heterocycles. The molecule has 140 valence electrons. The predicted octanol–water partition coefficient (Wildman–Crippen LogP) is 2.44. The SMILES string of the molecule is CCNCCNC(=O)c1ccc(NS(=O)(=O)c2cc(C)ccc2C)cc1. The number of hydrogen-bond acceptors (Lipinski definition) is 4. The predicted molar refractivity (Wildman–Crippen MR) is 104 cm³/mol. The van der Waals surface area contributed by atoms with Crippen LogP contribution >= 0.6 is 0 Å². The number of carbonyl (C=O) groups is 1. The van der Waals surface area contributed by atoms with Gasteiger partial charge in [-0.25, -0.2) is 8.42 Å². The third kappa shape index (κ3) is 5.31. The molecule has 0 aromatic heterocycles. The second-order valence-corrected chi connectivity index (χ2v) is 7.71. The maximum atomic E-state index is 12.6. The number of hydrogen-bond donors (Lipinski definition) is 3. The molecule has 0 atom stereocenters. The van der Waals surface area contributed by atoms with E-state index in [-0.39, 0.29) is 10.8 Å². The number of rotatable bonds is 8. The van der Waals surface area contributed by atoms with E-state index in [9.17, 15) is 13.2 Å². The Kier molecular flexibility index (Phi) is 6.76. The molecule has 3 N–H and O–H groups in total. The Morgan fingerprint density at radius 3 is 2.35 bits per heavy atom. The first-order valence-electron chi connectivity index (χ1n) is 8.52. The van der Waals surface area contributed by atoms with Gasteiger partial charge in [-0.3, -0.25) is 9.52 Å². The Balaban J connectivity index is 2.06. The van der Waals surface area contributed by atoms with Gasteiger partial charge in [-0.05, 0) is 61.9 Å². The van der Waals surface area contributed by atoms with E-state index in [0.717, 1.165) is 12.1 Å². The Hall–Kier alpha value is -2.38. The zero-order valence-corrected chi connectivity index (χ0v) is 16.1. The minimum Gasteiger partial charge on any atom is -0.351 e. The van der Waals surface area contributed by atoms with Crippen LogP contribution in [0, 0.1) is 13.8 Å². The minimum absolute atomic E-state index is 0.188. The van der Waals surface area contributed by atoms with Crippen molar-refractivity contribution in [3.8, 4) is 0 Å². The van der Waals surface area contributed by atoms with Gasteiger partial charge in [-0.15, -0.1) is 0 Å². The average molecular weight is 375 g/mol. The van der Waals surface area contributed by atoms with Gasteiger partial charge >= 0.3 is 0 Å². The molecule has 0 fully saturated rings. The van der Waals surface area contributed by atoms with E-state index in [0.29, 0.717) is 29.9 Å². The van der Waals surface area contributed by atoms with E-state index in [1.165, 1.54) is 0 Å². The van der Waals surface area contributed by atoms with Crippen molar-refractivity contribution < 1.29 is 13.2 Å². The molecule has 0 radical (unpaired) electrons. The fourth-order valence-electron chi connectivity index (χ4n) is 2.44. The fourth-order valence-corrected chi connectivity index (χ4v) is 3.83. The molecule has 0 spiro atoms. The highest BCUT2D eigenvalue weighted by atomic mass is 32.2. The second kappa shape index (κ2) is 8.82. The average Bonchev–Trinajstić information content (AvgIpc) is 2.61. The largest absolute Gasteiger partial charge is 0.351 e. The molecule has 0 aliphatic carbocycles. The molecule has 26 heavy (non-hydrogen) atoms. The quantitative estimate of drug-likeness (QED) is 0.619. The number of nitrogens with one attached hydrogen (secondary N) is 3. The molecule has 2 rings (SSSR count). The number of likely N-dealkylation sites (N-methyl/N-ethyl adjacent to an activating group) is 1. The fraction of sp³-hybridized carbons (Fsp3) is 0.316. The Bertz CT molecular complexity index is 862. The lowest BCUT2D eigenvalue weighted by atomic mass is 10.2. The van der Waals surface area contributed by atoms with Crippen LogP contribution < -0.4 is 15.4 Å². The van der Waals surface area contributed by atoms with Gasteiger partial charge in [0.2, 0.25) is 0 Å². The van der Waals surface area contributed by atoms with Crippen LogP contribution in [0.5, 0.6) is 0 Å². The van der Waals surface area contributed by atoms with Gasteiger partial charge in [-0.1, -0.05) is 19.1 Å². The summed E-state index contributed by atoms with van der Waals surface area (Å²) in [6, 6.07) is 11.7. The highest BCUT2D eigenvalue weighted by Gasteiger charge is 2.17. The van der Waals surface area contributed by atoms with Crippen molar-refractivity contribution in [2.24, 2.45) is 0 Å². The molecule has 0 aliphatic heterocycles. The lowest BCUT2D eigenvalue weighted by Gasteiger charge is -2.12. The smallest absolute Gasteiger partial charge is 0.262 e. The lowest BCUT2D eigenvalue weighted by molar-refractivity contribution is 0.0954. The molecule has 0 aliphatic rings. The van der Waals surface area contributed by atoms with Gasteiger partial charge in [0.25, 0.3) is 15.9 Å². The third-order valence-electron chi connectivity index (χ3n) is 3.87. The summed E-state index contributed by atoms with van der Waals surface area (Å²) in [5.41, 5.74) is 2.45. The van der Waals surface area contributed by atoms with Gasteiger partial charge in [-0.2, -0.15) is 0 Å². The van der Waals surface area contributed by atoms with Crippen molar-refractivity contribution in [3.63, 3.8) is 0 Å². The summed E-state index contributed by atoms with van der Waals surface area (Å²) in [6.07, 6.45) is 0. The Morgan fingerprint density at radius 1 is 1.00 bits per heavy atom. The van der Waals surface area contributed by atoms with E-state index in [2.05, 4.69) is 15.4 Å². The van der Waals surface area contributed by atoms with E-state index < -0.39 is 10.0 Å². The number of carbonyl (C=O) groups excluding carboxylic acids is 1. The summed E-state index contributed by atoms with van der Waals surface area (Å²) in [6.45, 7) is 7.70. The number of sulfonamides is 1. The summed E-state index contributed by atoms with van der Waals surface area (Å²) in [5, 5.41) is 5.92. The molecule has 0 bridgehead atoms. The van der Waals surface area contributed by atoms with Crippen molar-refractivity contribution in [1.29, 1.82) is 0 Å². The monoisotopic (exact) mass is 375 g/mol. The van der Waals surface area contributed by atoms with Gasteiger partial charge < -0.3 is 10.6 Å². The van der Waals surface area contributed by atoms with Crippen LogP contribution in [0.1, 0.15) is 28.4 Å². The van der Waals surface area contributed by atoms with Crippen LogP contribution in [0.2, 0.25) is 0 Å². The summed E-state index contributed by atoms with van der Waals surface area (Å²) >= 11 is 0. The van der Waals surface area contributed by atoms with Crippen LogP contribution in [0.4, 0.5) is 5.69 Å². The lowest BCUT2D eigenvalue weighted by Crippen LogP contribution is -2.31. The highest BCUT2D eigenvalue weighted by Crippen LogP contribution is 2.21. The van der Waals surface area contributed by atoms with Crippen LogP contribution in [-0.2, 0) is 10.0 Å². The van der Waals surface area contributed by atoms with Crippen molar-refractivity contribution in [2.75, 3.05) is 24.4 Å². The Morgan fingerprint density at radius 2 is 1.69 bits per heavy atom. The maximum absolute atomic E-state index is 12.6. The standard InChI is InChI=1S/C19H25N3O3S/c1-4-20-11-12-21-19(23)16-7-9-17(10-8-16)22-26(24,25)18-13-14(2)5-6-15(18)3/h5-10,13,20,22H,4,11-12H2,1-3H3,(H,21,23). The molecular weight excluding hydrogens is 350 g/mol. The van der Waals surface area contributed by atoms with Crippen molar-refractivity contribution in [1.82, 2.24) is 10.6 Å². The van der Waals surface area contributed by atoms with E-state index in [4.69, 9.17) is 0 Å². The number of amides is 1. The van der Waals surface area contributed by atoms with Gasteiger partial charge in [0.05, 0.1) is 4.90 Å². The maximum Gasteiger partial charge on any atom is 0.262 e. The highest BCUT2D eigenvalue weighted by molar-refractivity contribution is 7.92. The number of aryl methyl sites for hydroxylation is 2. The van der Waals surface area contributed by atoms with Crippen molar-refractivity contribution >= 4 is 21.6 Å². The molecule has 2 aromatic carbocycles. The van der Waals surface area contributed by atoms with Crippen LogP contribution in [0.3, 0.4) is 0 Å². The molecular formula is C19H25N3O3S. The van der Waals surface area contributed by atoms with Crippen LogP contribution in [0.15, 0.2) is 47.4 Å². The van der Waals surface area contributed by atoms with Crippen molar-refractivity contribution in [3.05, 3.63) is 59.2 Å². The van der Waals surface area contributed by atoms with Crippen LogP contribution in [-0.4, -0.2) is 34.0 Å². The van der Waals surface area contributed by atoms with Gasteiger partial charge in [0.1, 0.15) is 0 Å². The van der Waals surface area contributed by atoms with Crippen LogP contribution in [0.25, 0.3) is 0 Å². The molecule has 0 heterocycles. The zero-order chi connectivity index (χ0) is 19.2. The summed E-state index contributed by atoms with van der Waals surface area (Å²) in [7, 11) is -3.68. The van der Waals surface area contributed by atoms with E-state index in [1.807, 2.05) is 19.9 Å². The Labute approximate surface area is 155 Å². The first-order valence-corrected chi connectivity index (χ1v) is 10.0. The third-order valence-corrected chi connectivity index (χ3v) is 5.39. The second-order valence-electron chi connectivity index (χ2n) is 6.06. The summed E-state index contributed by atoms with van der Waals surface area (Å²) < 4.78 is 27.8. The van der Waals surface area contributed by atoms with E-state index >= 15 is 0 Å². The topological polar surface area (TPSA) is 87.3 Å². The van der Waals surface area contributed by atoms with Gasteiger partial charge in [0, 0.05) is 24.3 Å². The number of benzene rings is 2. The molecule has 0 saturated carbocycles. The molecule has 6 nitrogen and oxygen atoms in total. The molecule has 0 unspecified atom stereocenters. The molecule has 1 amide bonds. The first kappa shape index (κ1) is 19.9. The zero-order valence-electron chi connectivity index (χ0n) is 15.3. The molecule has 7 heteroatoms. The summed E-state index contributed by atoms with van der Waals surface area (Å²) in [4.78, 5) is 12.3.